The molecule has 0 saturated heterocycles. The van der Waals surface area contributed by atoms with E-state index in [1.54, 1.807) is 0 Å². The molecule has 5 aromatic heterocycles. The molecule has 1 aliphatic carbocycles. The van der Waals surface area contributed by atoms with Crippen LogP contribution in [0.4, 0.5) is 0 Å². The summed E-state index contributed by atoms with van der Waals surface area (Å²) in [5, 5.41) is 7.91. The van der Waals surface area contributed by atoms with Gasteiger partial charge < -0.3 is 5.32 Å². The van der Waals surface area contributed by atoms with Crippen LogP contribution in [-0.4, -0.2) is 24.9 Å². The number of benzene rings is 2. The van der Waals surface area contributed by atoms with Gasteiger partial charge in [-0.1, -0.05) is 72.8 Å². The van der Waals surface area contributed by atoms with Gasteiger partial charge >= 0.3 is 0 Å². The molecule has 7 aromatic rings. The molecule has 10 rings (SSSR count). The average molecular weight is 537 g/mol. The largest absolute Gasteiger partial charge is 0.371 e. The molecule has 2 aliphatic heterocycles. The maximum Gasteiger partial charge on any atom is 0.0973 e. The van der Waals surface area contributed by atoms with Gasteiger partial charge in [-0.3, -0.25) is 0 Å². The Hall–Kier alpha value is -5.75. The van der Waals surface area contributed by atoms with Crippen molar-refractivity contribution in [2.45, 2.75) is 6.04 Å². The smallest absolute Gasteiger partial charge is 0.0973 e. The van der Waals surface area contributed by atoms with Gasteiger partial charge in [0.1, 0.15) is 0 Å². The van der Waals surface area contributed by atoms with E-state index >= 15 is 0 Å². The molecule has 12 bridgehead atoms. The molecule has 0 spiro atoms. The van der Waals surface area contributed by atoms with Crippen molar-refractivity contribution in [3.05, 3.63) is 126 Å². The van der Waals surface area contributed by atoms with Gasteiger partial charge in [-0.25, -0.2) is 24.9 Å². The van der Waals surface area contributed by atoms with Gasteiger partial charge in [-0.05, 0) is 47.5 Å². The van der Waals surface area contributed by atoms with Crippen LogP contribution in [0, 0.1) is 0 Å². The molecule has 194 valence electrons. The quantitative estimate of drug-likeness (QED) is 0.202. The molecule has 3 aliphatic rings. The average Bonchev–Trinajstić information content (AvgIpc) is 3.06. The molecule has 6 heteroatoms. The first kappa shape index (κ1) is 22.0. The molecule has 1 atom stereocenters. The summed E-state index contributed by atoms with van der Waals surface area (Å²) in [6.07, 6.45) is 8.57. The van der Waals surface area contributed by atoms with E-state index in [4.69, 9.17) is 24.9 Å². The Labute approximate surface area is 239 Å². The molecule has 0 radical (unpaired) electrons. The normalized spacial score (nSPS) is 16.2. The number of nitrogens with one attached hydrogen (secondary N) is 1. The van der Waals surface area contributed by atoms with Crippen molar-refractivity contribution in [3.63, 3.8) is 0 Å². The Morgan fingerprint density at radius 3 is 1.45 bits per heavy atom. The van der Waals surface area contributed by atoms with Gasteiger partial charge in [0, 0.05) is 21.5 Å². The number of nitrogens with zero attached hydrogens (tertiary/aromatic N) is 5. The molecular formula is C36H20N6. The van der Waals surface area contributed by atoms with Crippen LogP contribution in [0.5, 0.6) is 0 Å². The fourth-order valence-corrected chi connectivity index (χ4v) is 6.40. The van der Waals surface area contributed by atoms with Crippen LogP contribution in [0.1, 0.15) is 23.0 Å². The van der Waals surface area contributed by atoms with E-state index in [2.05, 4.69) is 96.4 Å². The third kappa shape index (κ3) is 3.06. The summed E-state index contributed by atoms with van der Waals surface area (Å²) < 4.78 is 0. The molecule has 0 saturated carbocycles. The van der Waals surface area contributed by atoms with E-state index < -0.39 is 0 Å². The highest BCUT2D eigenvalue weighted by Crippen LogP contribution is 2.37. The van der Waals surface area contributed by atoms with Crippen LogP contribution in [0.15, 0.2) is 109 Å². The monoisotopic (exact) mass is 536 g/mol. The number of aromatic nitrogens is 5. The predicted molar refractivity (Wildman–Crippen MR) is 167 cm³/mol. The highest BCUT2D eigenvalue weighted by atomic mass is 15.0. The lowest BCUT2D eigenvalue weighted by atomic mass is 9.90. The van der Waals surface area contributed by atoms with Crippen molar-refractivity contribution in [2.75, 3.05) is 0 Å². The number of allylic oxidation sites excluding steroid dienone is 2. The van der Waals surface area contributed by atoms with Crippen molar-refractivity contribution in [1.29, 1.82) is 0 Å². The minimum atomic E-state index is -0.0934. The SMILES string of the molecule is C1=Cc2ccc3nc2C2NC(=CC=C12)c1ccc2ccc4ccc(nc4c2n1)-c1ccc2ccc4ccc-3nc4c2n1. The van der Waals surface area contributed by atoms with E-state index in [0.717, 1.165) is 94.6 Å². The number of pyridine rings is 5. The second kappa shape index (κ2) is 7.92. The number of rotatable bonds is 0. The van der Waals surface area contributed by atoms with Crippen molar-refractivity contribution < 1.29 is 0 Å². The Kier molecular flexibility index (Phi) is 4.15. The second-order valence-corrected chi connectivity index (χ2v) is 11.0. The summed E-state index contributed by atoms with van der Waals surface area (Å²) in [5.41, 5.74) is 11.7. The van der Waals surface area contributed by atoms with Crippen LogP contribution in [-0.2, 0) is 0 Å². The number of fused-ring (bicyclic) bond motifs is 9. The highest BCUT2D eigenvalue weighted by Gasteiger charge is 2.27. The highest BCUT2D eigenvalue weighted by molar-refractivity contribution is 6.05. The zero-order chi connectivity index (χ0) is 27.4. The van der Waals surface area contributed by atoms with Crippen molar-refractivity contribution in [1.82, 2.24) is 30.2 Å². The Bertz CT molecular complexity index is 2450. The van der Waals surface area contributed by atoms with Gasteiger partial charge in [0.15, 0.2) is 0 Å². The van der Waals surface area contributed by atoms with Gasteiger partial charge in [-0.2, -0.15) is 0 Å². The summed E-state index contributed by atoms with van der Waals surface area (Å²) in [5.74, 6) is 0. The first-order valence-electron chi connectivity index (χ1n) is 14.0. The van der Waals surface area contributed by atoms with E-state index in [-0.39, 0.29) is 6.04 Å². The number of hydrogen-bond acceptors (Lipinski definition) is 6. The van der Waals surface area contributed by atoms with Crippen LogP contribution in [0.3, 0.4) is 0 Å². The molecule has 6 nitrogen and oxygen atoms in total. The van der Waals surface area contributed by atoms with E-state index in [0.29, 0.717) is 0 Å². The second-order valence-electron chi connectivity index (χ2n) is 11.0. The van der Waals surface area contributed by atoms with Gasteiger partial charge in [-0.15, -0.1) is 0 Å². The zero-order valence-corrected chi connectivity index (χ0v) is 22.2. The van der Waals surface area contributed by atoms with Crippen LogP contribution < -0.4 is 5.32 Å². The molecule has 1 unspecified atom stereocenters. The lowest BCUT2D eigenvalue weighted by Crippen LogP contribution is -2.27. The first-order chi connectivity index (χ1) is 20.7. The fourth-order valence-electron chi connectivity index (χ4n) is 6.40. The minimum absolute atomic E-state index is 0.0934. The maximum atomic E-state index is 5.20. The Morgan fingerprint density at radius 1 is 0.429 bits per heavy atom. The summed E-state index contributed by atoms with van der Waals surface area (Å²) in [6.45, 7) is 0. The summed E-state index contributed by atoms with van der Waals surface area (Å²) in [4.78, 5) is 25.8. The topological polar surface area (TPSA) is 76.5 Å². The van der Waals surface area contributed by atoms with Crippen LogP contribution in [0.2, 0.25) is 0 Å². The lowest BCUT2D eigenvalue weighted by molar-refractivity contribution is 0.703. The molecule has 0 amide bonds. The van der Waals surface area contributed by atoms with Gasteiger partial charge in [0.2, 0.25) is 0 Å². The lowest BCUT2D eigenvalue weighted by Gasteiger charge is -2.29. The van der Waals surface area contributed by atoms with Gasteiger partial charge in [0.05, 0.1) is 68.0 Å². The standard InChI is InChI=1S/C36H20N6/c1-2-20-8-14-26-28-16-10-22-5-6-24-12-18-30(42-36(24)35(22)40-28)29-17-11-23-4-3-21-9-15-27(39-33(21)34(23)41-29)25-13-7-19(1)31(37-25)32(20)38-26/h1-18,31,37H. The van der Waals surface area contributed by atoms with E-state index in [1.165, 1.54) is 0 Å². The molecule has 2 aromatic carbocycles. The molecule has 7 heterocycles. The molecular weight excluding hydrogens is 516 g/mol. The van der Waals surface area contributed by atoms with E-state index in [1.807, 2.05) is 18.2 Å². The third-order valence-corrected chi connectivity index (χ3v) is 8.60. The summed E-state index contributed by atoms with van der Waals surface area (Å²) in [7, 11) is 0. The predicted octanol–water partition coefficient (Wildman–Crippen LogP) is 7.56. The molecule has 42 heavy (non-hydrogen) atoms. The van der Waals surface area contributed by atoms with E-state index in [9.17, 15) is 0 Å². The third-order valence-electron chi connectivity index (χ3n) is 8.60. The van der Waals surface area contributed by atoms with Gasteiger partial charge in [0.25, 0.3) is 0 Å². The van der Waals surface area contributed by atoms with Crippen molar-refractivity contribution >= 4 is 55.4 Å². The zero-order valence-electron chi connectivity index (χ0n) is 22.2. The molecule has 0 fully saturated rings. The first-order valence-corrected chi connectivity index (χ1v) is 14.0. The molecule has 1 N–H and O–H groups in total. The summed E-state index contributed by atoms with van der Waals surface area (Å²) >= 11 is 0. The minimum Gasteiger partial charge on any atom is -0.371 e. The maximum absolute atomic E-state index is 5.20. The van der Waals surface area contributed by atoms with Crippen LogP contribution in [0.25, 0.3) is 78.2 Å². The number of hydrogen-bond donors (Lipinski definition) is 1. The number of dihydropyridines is 1. The van der Waals surface area contributed by atoms with Crippen LogP contribution >= 0.6 is 0 Å². The Morgan fingerprint density at radius 2 is 0.881 bits per heavy atom. The summed E-state index contributed by atoms with van der Waals surface area (Å²) in [6, 6.07) is 29.2. The van der Waals surface area contributed by atoms with Crippen molar-refractivity contribution in [3.8, 4) is 22.8 Å². The Balaban J connectivity index is 1.33. The van der Waals surface area contributed by atoms with Crippen molar-refractivity contribution in [2.24, 2.45) is 0 Å². The fraction of sp³-hybridized carbons (Fsp3) is 0.0278.